The van der Waals surface area contributed by atoms with E-state index >= 15 is 0 Å². The minimum atomic E-state index is -4.49. The van der Waals surface area contributed by atoms with Gasteiger partial charge in [-0.1, -0.05) is 0 Å². The number of hydrogen-bond acceptors (Lipinski definition) is 0. The molecular formula is C42H37Cl2SiTi. The van der Waals surface area contributed by atoms with Crippen LogP contribution in [0.3, 0.4) is 0 Å². The average Bonchev–Trinajstić information content (AvgIpc) is 3.60. The van der Waals surface area contributed by atoms with E-state index in [4.69, 9.17) is 18.6 Å². The summed E-state index contributed by atoms with van der Waals surface area (Å²) < 4.78 is 0.106. The van der Waals surface area contributed by atoms with E-state index in [9.17, 15) is 0 Å². The number of hydrogen-bond donors (Lipinski definition) is 0. The van der Waals surface area contributed by atoms with Gasteiger partial charge in [0, 0.05) is 0 Å². The second-order valence-electron chi connectivity index (χ2n) is 13.7. The van der Waals surface area contributed by atoms with Crippen LogP contribution in [-0.4, -0.2) is 6.66 Å². The molecule has 6 aromatic carbocycles. The molecule has 0 spiro atoms. The summed E-state index contributed by atoms with van der Waals surface area (Å²) in [6.45, 7) is 7.75. The van der Waals surface area contributed by atoms with Crippen LogP contribution in [-0.2, 0) is 12.4 Å². The number of halogens is 2. The Morgan fingerprint density at radius 3 is 1.28 bits per heavy atom. The van der Waals surface area contributed by atoms with E-state index in [1.165, 1.54) is 77.2 Å². The van der Waals surface area contributed by atoms with Crippen LogP contribution >= 0.6 is 18.6 Å². The predicted octanol–water partition coefficient (Wildman–Crippen LogP) is 12.9. The normalized spacial score (nSPS) is 18.3. The molecule has 0 radical (unpaired) electrons. The first kappa shape index (κ1) is 30.2. The average molecular weight is 689 g/mol. The van der Waals surface area contributed by atoms with E-state index in [1.54, 1.807) is 0 Å². The van der Waals surface area contributed by atoms with Crippen LogP contribution in [0.1, 0.15) is 44.5 Å². The quantitative estimate of drug-likeness (QED) is 0.158. The van der Waals surface area contributed by atoms with Crippen LogP contribution in [0.15, 0.2) is 132 Å². The Labute approximate surface area is 281 Å². The van der Waals surface area contributed by atoms with Crippen molar-refractivity contribution in [1.29, 1.82) is 0 Å². The maximum absolute atomic E-state index is 8.51. The summed E-state index contributed by atoms with van der Waals surface area (Å²) in [6, 6.07) is 44.2. The van der Waals surface area contributed by atoms with E-state index in [-0.39, 0.29) is 8.45 Å². The van der Waals surface area contributed by atoms with Crippen LogP contribution in [0.2, 0.25) is 13.1 Å². The Morgan fingerprint density at radius 2 is 0.848 bits per heavy atom. The summed E-state index contributed by atoms with van der Waals surface area (Å²) >= 11 is -4.49. The Balaban J connectivity index is 1.32. The van der Waals surface area contributed by atoms with E-state index in [0.717, 1.165) is 0 Å². The Morgan fingerprint density at radius 1 is 0.478 bits per heavy atom. The van der Waals surface area contributed by atoms with Crippen molar-refractivity contribution < 1.29 is 12.4 Å². The van der Waals surface area contributed by atoms with Gasteiger partial charge in [0.25, 0.3) is 0 Å². The molecule has 46 heavy (non-hydrogen) atoms. The van der Waals surface area contributed by atoms with Gasteiger partial charge < -0.3 is 0 Å². The van der Waals surface area contributed by atoms with Crippen molar-refractivity contribution >= 4 is 59.0 Å². The van der Waals surface area contributed by atoms with Crippen LogP contribution in [0.25, 0.3) is 56.0 Å². The van der Waals surface area contributed by atoms with Gasteiger partial charge in [0.05, 0.1) is 0 Å². The van der Waals surface area contributed by atoms with Gasteiger partial charge in [-0.15, -0.1) is 0 Å². The molecule has 0 aliphatic heterocycles. The third kappa shape index (κ3) is 4.29. The van der Waals surface area contributed by atoms with Gasteiger partial charge in [0.15, 0.2) is 0 Å². The summed E-state index contributed by atoms with van der Waals surface area (Å²) in [5.41, 5.74) is 12.9. The Bertz CT molecular complexity index is 2110. The molecule has 2 aliphatic carbocycles. The first-order valence-electron chi connectivity index (χ1n) is 16.3. The molecule has 0 aromatic heterocycles. The number of rotatable bonds is 5. The SMILES string of the molecule is CC1=Cc2c(-c3cccc4ccccc34)cccc2[CH]1[Ti]([Cl])([Cl])([CH]1C(C)=Cc2c(-c3cccc4ccccc34)cccc21)[SiH](C)C. The zero-order valence-corrected chi connectivity index (χ0v) is 30.9. The van der Waals surface area contributed by atoms with Crippen LogP contribution < -0.4 is 0 Å². The molecule has 6 aromatic rings. The van der Waals surface area contributed by atoms with Gasteiger partial charge in [-0.05, 0) is 0 Å². The van der Waals surface area contributed by atoms with Crippen molar-refractivity contribution in [3.63, 3.8) is 0 Å². The molecular weight excluding hydrogens is 651 g/mol. The van der Waals surface area contributed by atoms with Gasteiger partial charge >= 0.3 is 284 Å². The summed E-state index contributed by atoms with van der Waals surface area (Å²) in [7, 11) is 17.0. The van der Waals surface area contributed by atoms with Gasteiger partial charge in [-0.25, -0.2) is 0 Å². The molecule has 0 fully saturated rings. The van der Waals surface area contributed by atoms with Crippen molar-refractivity contribution in [2.75, 3.05) is 0 Å². The molecule has 0 heterocycles. The maximum atomic E-state index is 8.51. The van der Waals surface area contributed by atoms with Crippen LogP contribution in [0, 0.1) is 0 Å². The zero-order chi connectivity index (χ0) is 31.8. The Hall–Kier alpha value is -3.17. The van der Waals surface area contributed by atoms with Gasteiger partial charge in [-0.3, -0.25) is 0 Å². The first-order valence-corrected chi connectivity index (χ1v) is 28.0. The van der Waals surface area contributed by atoms with Gasteiger partial charge in [0.1, 0.15) is 0 Å². The van der Waals surface area contributed by atoms with Crippen molar-refractivity contribution in [2.45, 2.75) is 35.4 Å². The molecule has 2 aliphatic rings. The topological polar surface area (TPSA) is 0 Å². The molecule has 0 amide bonds. The molecule has 0 N–H and O–H groups in total. The van der Waals surface area contributed by atoms with Gasteiger partial charge in [0.2, 0.25) is 0 Å². The summed E-state index contributed by atoms with van der Waals surface area (Å²) in [5, 5.41) is 5.06. The van der Waals surface area contributed by atoms with Crippen molar-refractivity contribution in [3.05, 3.63) is 155 Å². The van der Waals surface area contributed by atoms with Crippen molar-refractivity contribution in [1.82, 2.24) is 0 Å². The molecule has 0 saturated heterocycles. The summed E-state index contributed by atoms with van der Waals surface area (Å²) in [5.74, 6) is 0. The van der Waals surface area contributed by atoms with Crippen molar-refractivity contribution in [3.8, 4) is 22.3 Å². The molecule has 0 nitrogen and oxygen atoms in total. The second kappa shape index (κ2) is 10.9. The minimum absolute atomic E-state index is 0.0532. The summed E-state index contributed by atoms with van der Waals surface area (Å²) in [4.78, 5) is 0. The third-order valence-corrected chi connectivity index (χ3v) is 46.4. The summed E-state index contributed by atoms with van der Waals surface area (Å²) in [6.07, 6.45) is 4.81. The second-order valence-corrected chi connectivity index (χ2v) is 42.9. The standard InChI is InChI=1S/2C20H15.C2H7Si.2ClH.Ti/c2*1-14-12-16-8-5-11-19(20(16)13-14)18-10-4-7-15-6-2-3-9-17(15)18;1-3-2;;;/h2*2-13H,1H3;3H,1-2H3;2*1H;/q;;;;;+2/p-2. The third-order valence-electron chi connectivity index (χ3n) is 10.9. The Kier molecular flexibility index (Phi) is 7.18. The van der Waals surface area contributed by atoms with Crippen molar-refractivity contribution in [2.24, 2.45) is 0 Å². The van der Waals surface area contributed by atoms with Crippen LogP contribution in [0.4, 0.5) is 0 Å². The van der Waals surface area contributed by atoms with E-state index in [1.807, 2.05) is 0 Å². The molecule has 227 valence electrons. The molecule has 4 heteroatoms. The molecule has 2 atom stereocenters. The molecule has 8 rings (SSSR count). The fraction of sp³-hybridized carbons (Fsp3) is 0.143. The zero-order valence-electron chi connectivity index (χ0n) is 26.7. The molecule has 0 saturated carbocycles. The number of allylic oxidation sites excluding steroid dienone is 2. The fourth-order valence-electron chi connectivity index (χ4n) is 8.79. The molecule has 0 bridgehead atoms. The monoisotopic (exact) mass is 687 g/mol. The van der Waals surface area contributed by atoms with E-state index < -0.39 is 19.1 Å². The van der Waals surface area contributed by atoms with E-state index in [0.29, 0.717) is 0 Å². The van der Waals surface area contributed by atoms with Gasteiger partial charge in [-0.2, -0.15) is 0 Å². The molecule has 2 unspecified atom stereocenters. The fourth-order valence-corrected chi connectivity index (χ4v) is 30.9. The number of benzene rings is 6. The van der Waals surface area contributed by atoms with E-state index in [2.05, 4.69) is 160 Å². The number of fused-ring (bicyclic) bond motifs is 4. The van der Waals surface area contributed by atoms with Crippen LogP contribution in [0.5, 0.6) is 0 Å². The first-order chi connectivity index (χ1) is 22.2. The predicted molar refractivity (Wildman–Crippen MR) is 202 cm³/mol.